The van der Waals surface area contributed by atoms with E-state index >= 15 is 0 Å². The van der Waals surface area contributed by atoms with Gasteiger partial charge in [-0.15, -0.1) is 0 Å². The molecule has 4 bridgehead atoms. The van der Waals surface area contributed by atoms with Crippen molar-refractivity contribution in [3.63, 3.8) is 0 Å². The van der Waals surface area contributed by atoms with Crippen LogP contribution in [0, 0.1) is 23.7 Å². The van der Waals surface area contributed by atoms with Crippen LogP contribution < -0.4 is 4.90 Å². The summed E-state index contributed by atoms with van der Waals surface area (Å²) in [7, 11) is 0. The fourth-order valence-corrected chi connectivity index (χ4v) is 14.6. The van der Waals surface area contributed by atoms with Crippen LogP contribution in [-0.2, 0) is 5.41 Å². The summed E-state index contributed by atoms with van der Waals surface area (Å²) in [6, 6.07) is 95.5. The van der Waals surface area contributed by atoms with E-state index in [-0.39, 0.29) is 0 Å². The van der Waals surface area contributed by atoms with Gasteiger partial charge in [0, 0.05) is 17.1 Å². The molecule has 1 heteroatoms. The number of benzene rings is 10. The lowest BCUT2D eigenvalue weighted by Gasteiger charge is -2.54. The molecule has 10 aromatic carbocycles. The van der Waals surface area contributed by atoms with E-state index in [2.05, 4.69) is 260 Å². The summed E-state index contributed by atoms with van der Waals surface area (Å²) in [5.74, 6) is 4.27. The van der Waals surface area contributed by atoms with Crippen LogP contribution in [0.5, 0.6) is 0 Å². The third-order valence-electron chi connectivity index (χ3n) is 17.3. The van der Waals surface area contributed by atoms with Gasteiger partial charge in [-0.1, -0.05) is 218 Å². The lowest BCUT2D eigenvalue weighted by atomic mass is 9.51. The first kappa shape index (κ1) is 42.8. The summed E-state index contributed by atoms with van der Waals surface area (Å²) in [5.41, 5.74) is 22.0. The first-order valence-corrected chi connectivity index (χ1v) is 26.4. The average Bonchev–Trinajstić information content (AvgIpc) is 3.75. The highest BCUT2D eigenvalue weighted by Gasteiger charge is 2.49. The fraction of sp³-hybridized carbons (Fsp3) is 0.155. The van der Waals surface area contributed by atoms with E-state index in [9.17, 15) is 0 Å². The summed E-state index contributed by atoms with van der Waals surface area (Å²) in [6.45, 7) is 0. The van der Waals surface area contributed by atoms with Crippen molar-refractivity contribution in [2.24, 2.45) is 23.7 Å². The molecule has 0 aliphatic heterocycles. The molecule has 4 fully saturated rings. The number of rotatable bonds is 10. The Morgan fingerprint density at radius 2 is 0.736 bits per heavy atom. The number of anilines is 3. The van der Waals surface area contributed by atoms with Gasteiger partial charge in [-0.05, 0) is 182 Å². The third kappa shape index (κ3) is 7.04. The number of fused-ring (bicyclic) bond motifs is 3. The highest BCUT2D eigenvalue weighted by molar-refractivity contribution is 5.97. The largest absolute Gasteiger partial charge is 0.310 e. The maximum Gasteiger partial charge on any atom is 0.0714 e. The molecule has 346 valence electrons. The first-order valence-electron chi connectivity index (χ1n) is 26.4. The van der Waals surface area contributed by atoms with Gasteiger partial charge in [-0.25, -0.2) is 0 Å². The fourth-order valence-electron chi connectivity index (χ4n) is 14.6. The molecule has 10 aromatic rings. The molecule has 0 aromatic heterocycles. The number of nitrogens with zero attached hydrogens (tertiary/aromatic N) is 1. The molecule has 72 heavy (non-hydrogen) atoms. The Bertz CT molecular complexity index is 3490. The molecular weight excluding hydrogens is 867 g/mol. The van der Waals surface area contributed by atoms with E-state index in [1.807, 2.05) is 0 Å². The van der Waals surface area contributed by atoms with Crippen LogP contribution in [0.3, 0.4) is 0 Å². The highest BCUT2D eigenvalue weighted by Crippen LogP contribution is 2.61. The van der Waals surface area contributed by atoms with Gasteiger partial charge in [0.25, 0.3) is 0 Å². The van der Waals surface area contributed by atoms with Gasteiger partial charge < -0.3 is 4.90 Å². The molecule has 0 unspecified atom stereocenters. The summed E-state index contributed by atoms with van der Waals surface area (Å²) in [6.07, 6.45) is 7.17. The SMILES string of the molecule is c1ccc(-c2ccccc2-c2ccccc2-c2ccc(N(c3ccc(C4C5CC6CC(C5)CC4C6)cc3)c3ccc4c(c3)C(c3ccccc3)(c3ccccc3)c3cccc(-c5ccccc5)c3-4)cc2)cc1. The quantitative estimate of drug-likeness (QED) is 0.132. The summed E-state index contributed by atoms with van der Waals surface area (Å²) >= 11 is 0. The molecule has 4 saturated carbocycles. The van der Waals surface area contributed by atoms with Gasteiger partial charge in [0.15, 0.2) is 0 Å². The van der Waals surface area contributed by atoms with E-state index in [0.29, 0.717) is 5.92 Å². The Morgan fingerprint density at radius 1 is 0.306 bits per heavy atom. The third-order valence-corrected chi connectivity index (χ3v) is 17.3. The normalized spacial score (nSPS) is 19.9. The van der Waals surface area contributed by atoms with E-state index in [0.717, 1.165) is 35.0 Å². The number of hydrogen-bond acceptors (Lipinski definition) is 1. The van der Waals surface area contributed by atoms with E-state index in [1.54, 1.807) is 5.56 Å². The Kier molecular flexibility index (Phi) is 10.5. The van der Waals surface area contributed by atoms with Gasteiger partial charge in [0.1, 0.15) is 0 Å². The van der Waals surface area contributed by atoms with Crippen LogP contribution in [0.25, 0.3) is 55.6 Å². The van der Waals surface area contributed by atoms with Gasteiger partial charge >= 0.3 is 0 Å². The lowest BCUT2D eigenvalue weighted by molar-refractivity contribution is -0.00277. The Balaban J connectivity index is 0.941. The molecule has 5 aliphatic rings. The zero-order chi connectivity index (χ0) is 47.6. The second kappa shape index (κ2) is 17.7. The Hall–Kier alpha value is -8.00. The maximum atomic E-state index is 2.53. The molecule has 0 amide bonds. The average molecular weight is 924 g/mol. The van der Waals surface area contributed by atoms with Crippen molar-refractivity contribution in [3.8, 4) is 55.6 Å². The van der Waals surface area contributed by atoms with Crippen molar-refractivity contribution >= 4 is 17.1 Å². The number of hydrogen-bond donors (Lipinski definition) is 0. The lowest BCUT2D eigenvalue weighted by Crippen LogP contribution is -2.43. The topological polar surface area (TPSA) is 3.24 Å². The van der Waals surface area contributed by atoms with Crippen molar-refractivity contribution in [2.75, 3.05) is 4.90 Å². The summed E-state index contributed by atoms with van der Waals surface area (Å²) < 4.78 is 0. The van der Waals surface area contributed by atoms with Crippen LogP contribution >= 0.6 is 0 Å². The molecule has 0 saturated heterocycles. The standard InChI is InChI=1S/C71H57N/c1-5-18-50(19-6-1)61-26-13-15-28-64(61)65-29-16-14-27-62(65)52-32-36-58(37-33-52)72(59-38-34-53(35-39-59)69-54-43-48-42-49(45-54)46-55(69)44-48)60-40-41-66-68(47-60)71(56-22-9-3-10-23-56,57-24-11-4-12-25-57)67-31-17-30-63(70(66)67)51-20-7-2-8-21-51/h1-41,47-49,54-55,69H,42-46H2. The van der Waals surface area contributed by atoms with Crippen molar-refractivity contribution < 1.29 is 0 Å². The molecule has 0 atom stereocenters. The minimum Gasteiger partial charge on any atom is -0.310 e. The van der Waals surface area contributed by atoms with Gasteiger partial charge in [0.05, 0.1) is 5.41 Å². The van der Waals surface area contributed by atoms with Crippen LogP contribution in [0.2, 0.25) is 0 Å². The summed E-state index contributed by atoms with van der Waals surface area (Å²) in [5, 5.41) is 0. The van der Waals surface area contributed by atoms with E-state index in [1.165, 1.54) is 116 Å². The highest BCUT2D eigenvalue weighted by atomic mass is 15.1. The van der Waals surface area contributed by atoms with Crippen LogP contribution in [0.4, 0.5) is 17.1 Å². The monoisotopic (exact) mass is 923 g/mol. The second-order valence-corrected chi connectivity index (χ2v) is 21.2. The Morgan fingerprint density at radius 3 is 1.28 bits per heavy atom. The maximum absolute atomic E-state index is 2.53. The minimum atomic E-state index is -0.563. The zero-order valence-corrected chi connectivity index (χ0v) is 40.6. The van der Waals surface area contributed by atoms with Crippen molar-refractivity contribution in [1.82, 2.24) is 0 Å². The molecule has 0 heterocycles. The molecule has 0 N–H and O–H groups in total. The van der Waals surface area contributed by atoms with Crippen molar-refractivity contribution in [1.29, 1.82) is 0 Å². The summed E-state index contributed by atoms with van der Waals surface area (Å²) in [4.78, 5) is 2.52. The Labute approximate surface area is 425 Å². The van der Waals surface area contributed by atoms with Gasteiger partial charge in [0.2, 0.25) is 0 Å². The van der Waals surface area contributed by atoms with Gasteiger partial charge in [-0.3, -0.25) is 0 Å². The predicted octanol–water partition coefficient (Wildman–Crippen LogP) is 18.7. The first-order chi connectivity index (χ1) is 35.7. The molecule has 15 rings (SSSR count). The van der Waals surface area contributed by atoms with E-state index in [4.69, 9.17) is 0 Å². The predicted molar refractivity (Wildman–Crippen MR) is 300 cm³/mol. The van der Waals surface area contributed by atoms with Crippen LogP contribution in [-0.4, -0.2) is 0 Å². The van der Waals surface area contributed by atoms with E-state index < -0.39 is 5.41 Å². The molecule has 1 nitrogen and oxygen atoms in total. The van der Waals surface area contributed by atoms with Gasteiger partial charge in [-0.2, -0.15) is 0 Å². The van der Waals surface area contributed by atoms with Crippen molar-refractivity contribution in [3.05, 3.63) is 283 Å². The molecule has 0 spiro atoms. The van der Waals surface area contributed by atoms with Crippen LogP contribution in [0.1, 0.15) is 65.8 Å². The molecule has 0 radical (unpaired) electrons. The smallest absolute Gasteiger partial charge is 0.0714 e. The second-order valence-electron chi connectivity index (χ2n) is 21.2. The van der Waals surface area contributed by atoms with Crippen molar-refractivity contribution in [2.45, 2.75) is 43.4 Å². The minimum absolute atomic E-state index is 0.563. The molecular formula is C71H57N. The zero-order valence-electron chi connectivity index (χ0n) is 40.6. The molecule has 5 aliphatic carbocycles. The van der Waals surface area contributed by atoms with Crippen LogP contribution in [0.15, 0.2) is 255 Å².